The Morgan fingerprint density at radius 2 is 2.32 bits per heavy atom. The van der Waals surface area contributed by atoms with Crippen LogP contribution in [-0.2, 0) is 6.42 Å². The number of rotatable bonds is 2. The number of carbonyl (C=O) groups excluding carboxylic acids is 1. The van der Waals surface area contributed by atoms with Gasteiger partial charge in [-0.05, 0) is 37.1 Å². The topological polar surface area (TPSA) is 45.2 Å². The van der Waals surface area contributed by atoms with Gasteiger partial charge in [-0.25, -0.2) is 4.98 Å². The fourth-order valence-corrected chi connectivity index (χ4v) is 2.97. The molecule has 5 heteroatoms. The van der Waals surface area contributed by atoms with Crippen LogP contribution in [-0.4, -0.2) is 24.5 Å². The molecule has 19 heavy (non-hydrogen) atoms. The van der Waals surface area contributed by atoms with Crippen LogP contribution < -0.4 is 10.2 Å². The Hall–Kier alpha value is -1.88. The Bertz CT molecular complexity index is 635. The Morgan fingerprint density at radius 1 is 1.47 bits per heavy atom. The molecule has 0 bridgehead atoms. The highest BCUT2D eigenvalue weighted by Gasteiger charge is 2.17. The Balaban J connectivity index is 1.81. The molecular weight excluding hydrogens is 258 g/mol. The second-order valence-corrected chi connectivity index (χ2v) is 5.62. The first-order chi connectivity index (χ1) is 9.13. The number of aromatic nitrogens is 1. The van der Waals surface area contributed by atoms with Gasteiger partial charge < -0.3 is 4.90 Å². The summed E-state index contributed by atoms with van der Waals surface area (Å²) in [7, 11) is 2.07. The average molecular weight is 273 g/mol. The molecule has 0 atom stereocenters. The molecule has 0 spiro atoms. The van der Waals surface area contributed by atoms with Gasteiger partial charge >= 0.3 is 0 Å². The predicted octanol–water partition coefficient (Wildman–Crippen LogP) is 2.70. The lowest BCUT2D eigenvalue weighted by Gasteiger charge is -2.11. The van der Waals surface area contributed by atoms with Crippen molar-refractivity contribution in [3.05, 3.63) is 40.4 Å². The molecule has 4 nitrogen and oxygen atoms in total. The second-order valence-electron chi connectivity index (χ2n) is 4.76. The molecular formula is C14H15N3OS. The van der Waals surface area contributed by atoms with Gasteiger partial charge in [-0.15, -0.1) is 11.3 Å². The van der Waals surface area contributed by atoms with E-state index in [0.29, 0.717) is 10.7 Å². The van der Waals surface area contributed by atoms with Crippen molar-refractivity contribution in [2.75, 3.05) is 23.8 Å². The van der Waals surface area contributed by atoms with Crippen molar-refractivity contribution in [3.63, 3.8) is 0 Å². The van der Waals surface area contributed by atoms with Crippen molar-refractivity contribution >= 4 is 28.1 Å². The molecule has 0 saturated heterocycles. The van der Waals surface area contributed by atoms with Crippen molar-refractivity contribution in [2.45, 2.75) is 13.3 Å². The summed E-state index contributed by atoms with van der Waals surface area (Å²) >= 11 is 1.45. The van der Waals surface area contributed by atoms with Crippen molar-refractivity contribution in [1.82, 2.24) is 4.98 Å². The van der Waals surface area contributed by atoms with E-state index in [1.54, 1.807) is 0 Å². The van der Waals surface area contributed by atoms with E-state index >= 15 is 0 Å². The molecule has 2 heterocycles. The first kappa shape index (κ1) is 12.2. The van der Waals surface area contributed by atoms with Crippen molar-refractivity contribution in [2.24, 2.45) is 0 Å². The molecule has 0 fully saturated rings. The highest BCUT2D eigenvalue weighted by molar-refractivity contribution is 7.13. The molecule has 1 N–H and O–H groups in total. The minimum absolute atomic E-state index is 0.0910. The molecule has 0 aliphatic carbocycles. The number of hydrogen-bond donors (Lipinski definition) is 1. The van der Waals surface area contributed by atoms with Crippen molar-refractivity contribution in [3.8, 4) is 0 Å². The zero-order chi connectivity index (χ0) is 13.4. The minimum atomic E-state index is -0.0910. The minimum Gasteiger partial charge on any atom is -0.374 e. The van der Waals surface area contributed by atoms with Gasteiger partial charge in [0.25, 0.3) is 5.91 Å². The zero-order valence-electron chi connectivity index (χ0n) is 10.9. The SMILES string of the molecule is Cc1csc(NC(=O)c2ccc3c(c2)CCN3C)n1. The van der Waals surface area contributed by atoms with Crippen molar-refractivity contribution < 1.29 is 4.79 Å². The fourth-order valence-electron chi connectivity index (χ4n) is 2.29. The van der Waals surface area contributed by atoms with Crippen LogP contribution in [0.15, 0.2) is 23.6 Å². The molecule has 1 amide bonds. The molecule has 3 rings (SSSR count). The number of likely N-dealkylation sites (N-methyl/N-ethyl adjacent to an activating group) is 1. The van der Waals surface area contributed by atoms with E-state index in [9.17, 15) is 4.79 Å². The highest BCUT2D eigenvalue weighted by Crippen LogP contribution is 2.27. The number of carbonyl (C=O) groups is 1. The largest absolute Gasteiger partial charge is 0.374 e. The number of amides is 1. The monoisotopic (exact) mass is 273 g/mol. The van der Waals surface area contributed by atoms with Gasteiger partial charge in [0.1, 0.15) is 0 Å². The third kappa shape index (κ3) is 2.33. The summed E-state index contributed by atoms with van der Waals surface area (Å²) in [6.45, 7) is 2.93. The van der Waals surface area contributed by atoms with Crippen LogP contribution in [0.3, 0.4) is 0 Å². The number of nitrogens with zero attached hydrogens (tertiary/aromatic N) is 2. The third-order valence-corrected chi connectivity index (χ3v) is 4.18. The molecule has 1 aliphatic heterocycles. The average Bonchev–Trinajstić information content (AvgIpc) is 2.96. The number of anilines is 2. The summed E-state index contributed by atoms with van der Waals surface area (Å²) in [6, 6.07) is 5.87. The van der Waals surface area contributed by atoms with Crippen molar-refractivity contribution in [1.29, 1.82) is 0 Å². The molecule has 0 unspecified atom stereocenters. The van der Waals surface area contributed by atoms with Crippen LogP contribution in [0.2, 0.25) is 0 Å². The van der Waals surface area contributed by atoms with Crippen LogP contribution in [0.5, 0.6) is 0 Å². The molecule has 2 aromatic rings. The van der Waals surface area contributed by atoms with E-state index in [0.717, 1.165) is 18.7 Å². The number of thiazole rings is 1. The maximum atomic E-state index is 12.1. The lowest BCUT2D eigenvalue weighted by molar-refractivity contribution is 0.102. The van der Waals surface area contributed by atoms with Crippen LogP contribution in [0.25, 0.3) is 0 Å². The van der Waals surface area contributed by atoms with E-state index in [-0.39, 0.29) is 5.91 Å². The Morgan fingerprint density at radius 3 is 3.05 bits per heavy atom. The zero-order valence-corrected chi connectivity index (χ0v) is 11.8. The van der Waals surface area contributed by atoms with E-state index in [1.165, 1.54) is 22.6 Å². The van der Waals surface area contributed by atoms with E-state index in [2.05, 4.69) is 22.2 Å². The maximum absolute atomic E-state index is 12.1. The number of fused-ring (bicyclic) bond motifs is 1. The lowest BCUT2D eigenvalue weighted by Crippen LogP contribution is -2.13. The van der Waals surface area contributed by atoms with Crippen LogP contribution >= 0.6 is 11.3 Å². The smallest absolute Gasteiger partial charge is 0.257 e. The third-order valence-electron chi connectivity index (χ3n) is 3.31. The summed E-state index contributed by atoms with van der Waals surface area (Å²) in [6.07, 6.45) is 1.00. The van der Waals surface area contributed by atoms with Gasteiger partial charge in [0.2, 0.25) is 0 Å². The first-order valence-electron chi connectivity index (χ1n) is 6.21. The van der Waals surface area contributed by atoms with Gasteiger partial charge in [0, 0.05) is 30.2 Å². The molecule has 98 valence electrons. The number of benzene rings is 1. The van der Waals surface area contributed by atoms with Gasteiger partial charge in [0.05, 0.1) is 5.69 Å². The van der Waals surface area contributed by atoms with E-state index in [1.807, 2.05) is 30.5 Å². The molecule has 1 aliphatic rings. The Kier molecular flexibility index (Phi) is 2.98. The summed E-state index contributed by atoms with van der Waals surface area (Å²) in [5.74, 6) is -0.0910. The molecule has 0 radical (unpaired) electrons. The summed E-state index contributed by atoms with van der Waals surface area (Å²) in [5.41, 5.74) is 4.09. The van der Waals surface area contributed by atoms with Crippen LogP contribution in [0.1, 0.15) is 21.6 Å². The van der Waals surface area contributed by atoms with Gasteiger partial charge in [-0.3, -0.25) is 10.1 Å². The second kappa shape index (κ2) is 4.66. The molecule has 1 aromatic carbocycles. The number of hydrogen-bond acceptors (Lipinski definition) is 4. The number of aryl methyl sites for hydroxylation is 1. The lowest BCUT2D eigenvalue weighted by atomic mass is 10.1. The fraction of sp³-hybridized carbons (Fsp3) is 0.286. The molecule has 0 saturated carbocycles. The van der Waals surface area contributed by atoms with E-state index < -0.39 is 0 Å². The maximum Gasteiger partial charge on any atom is 0.257 e. The quantitative estimate of drug-likeness (QED) is 0.915. The summed E-state index contributed by atoms with van der Waals surface area (Å²) < 4.78 is 0. The van der Waals surface area contributed by atoms with Gasteiger partial charge in [0.15, 0.2) is 5.13 Å². The number of nitrogens with one attached hydrogen (secondary N) is 1. The summed E-state index contributed by atoms with van der Waals surface area (Å²) in [5, 5.41) is 5.41. The Labute approximate surface area is 116 Å². The van der Waals surface area contributed by atoms with Crippen LogP contribution in [0.4, 0.5) is 10.8 Å². The van der Waals surface area contributed by atoms with Gasteiger partial charge in [-0.2, -0.15) is 0 Å². The highest BCUT2D eigenvalue weighted by atomic mass is 32.1. The molecule has 1 aromatic heterocycles. The predicted molar refractivity (Wildman–Crippen MR) is 78.2 cm³/mol. The summed E-state index contributed by atoms with van der Waals surface area (Å²) in [4.78, 5) is 18.6. The standard InChI is InChI=1S/C14H15N3OS/c1-9-8-19-14(15-9)16-13(18)11-3-4-12-10(7-11)5-6-17(12)2/h3-4,7-8H,5-6H2,1-2H3,(H,15,16,18). The van der Waals surface area contributed by atoms with E-state index in [4.69, 9.17) is 0 Å². The first-order valence-corrected chi connectivity index (χ1v) is 7.09. The van der Waals surface area contributed by atoms with Crippen LogP contribution in [0, 0.1) is 6.92 Å². The van der Waals surface area contributed by atoms with Gasteiger partial charge in [-0.1, -0.05) is 0 Å². The normalized spacial score (nSPS) is 13.5.